The second-order valence-electron chi connectivity index (χ2n) is 4.62. The van der Waals surface area contributed by atoms with Gasteiger partial charge < -0.3 is 10.4 Å². The second-order valence-corrected chi connectivity index (χ2v) is 5.02. The van der Waals surface area contributed by atoms with Gasteiger partial charge in [-0.3, -0.25) is 4.79 Å². The molecule has 19 heavy (non-hydrogen) atoms. The van der Waals surface area contributed by atoms with Crippen molar-refractivity contribution in [3.05, 3.63) is 40.4 Å². The highest BCUT2D eigenvalue weighted by Gasteiger charge is 2.03. The molecule has 3 nitrogen and oxygen atoms in total. The van der Waals surface area contributed by atoms with Crippen molar-refractivity contribution < 1.29 is 9.90 Å². The van der Waals surface area contributed by atoms with Crippen molar-refractivity contribution in [2.45, 2.75) is 32.7 Å². The van der Waals surface area contributed by atoms with Crippen molar-refractivity contribution in [2.75, 3.05) is 6.61 Å². The molecule has 0 aliphatic carbocycles. The molecule has 1 atom stereocenters. The lowest BCUT2D eigenvalue weighted by Gasteiger charge is -2.11. The van der Waals surface area contributed by atoms with Crippen LogP contribution in [0.15, 0.2) is 24.3 Å². The molecule has 0 aromatic heterocycles. The van der Waals surface area contributed by atoms with Crippen LogP contribution in [0.2, 0.25) is 5.02 Å². The van der Waals surface area contributed by atoms with E-state index >= 15 is 0 Å². The minimum atomic E-state index is -0.137. The number of benzene rings is 1. The Hall–Kier alpha value is -1.32. The third-order valence-electron chi connectivity index (χ3n) is 2.81. The highest BCUT2D eigenvalue weighted by molar-refractivity contribution is 6.31. The number of hydrogen-bond acceptors (Lipinski definition) is 2. The Morgan fingerprint density at radius 1 is 1.53 bits per heavy atom. The number of nitrogens with one attached hydrogen (secondary N) is 1. The summed E-state index contributed by atoms with van der Waals surface area (Å²) in [6.07, 6.45) is 4.70. The Labute approximate surface area is 119 Å². The smallest absolute Gasteiger partial charge is 0.244 e. The Balaban J connectivity index is 2.51. The predicted octanol–water partition coefficient (Wildman–Crippen LogP) is 2.94. The van der Waals surface area contributed by atoms with Crippen molar-refractivity contribution in [3.63, 3.8) is 0 Å². The molecule has 1 unspecified atom stereocenters. The van der Waals surface area contributed by atoms with E-state index in [9.17, 15) is 4.79 Å². The maximum absolute atomic E-state index is 11.6. The number of aryl methyl sites for hydroxylation is 1. The number of hydrogen-bond donors (Lipinski definition) is 2. The zero-order valence-corrected chi connectivity index (χ0v) is 12.1. The van der Waals surface area contributed by atoms with Gasteiger partial charge in [0, 0.05) is 23.7 Å². The normalized spacial score (nSPS) is 12.6. The van der Waals surface area contributed by atoms with Gasteiger partial charge in [-0.1, -0.05) is 23.7 Å². The summed E-state index contributed by atoms with van der Waals surface area (Å²) >= 11 is 6.01. The summed E-state index contributed by atoms with van der Waals surface area (Å²) in [6.45, 7) is 4.01. The molecular formula is C15H20ClNO2. The molecule has 0 aliphatic rings. The fourth-order valence-corrected chi connectivity index (χ4v) is 1.83. The number of halogens is 1. The second kappa shape index (κ2) is 7.97. The van der Waals surface area contributed by atoms with Gasteiger partial charge >= 0.3 is 0 Å². The van der Waals surface area contributed by atoms with Crippen molar-refractivity contribution in [1.82, 2.24) is 5.32 Å². The summed E-state index contributed by atoms with van der Waals surface area (Å²) in [7, 11) is 0. The Morgan fingerprint density at radius 3 is 2.89 bits per heavy atom. The Kier molecular flexibility index (Phi) is 6.60. The number of carbonyl (C=O) groups is 1. The van der Waals surface area contributed by atoms with Crippen LogP contribution in [0.5, 0.6) is 0 Å². The van der Waals surface area contributed by atoms with E-state index in [0.29, 0.717) is 11.4 Å². The standard InChI is InChI=1S/C15H20ClNO2/c1-11-5-6-13(10-14(11)16)7-8-15(19)17-12(2)4-3-9-18/h5-8,10,12,18H,3-4,9H2,1-2H3,(H,17,19). The Bertz CT molecular complexity index is 457. The topological polar surface area (TPSA) is 49.3 Å². The number of carbonyl (C=O) groups excluding carboxylic acids is 1. The summed E-state index contributed by atoms with van der Waals surface area (Å²) < 4.78 is 0. The van der Waals surface area contributed by atoms with Gasteiger partial charge in [-0.2, -0.15) is 0 Å². The van der Waals surface area contributed by atoms with E-state index in [4.69, 9.17) is 16.7 Å². The van der Waals surface area contributed by atoms with E-state index in [1.807, 2.05) is 32.0 Å². The van der Waals surface area contributed by atoms with Crippen molar-refractivity contribution >= 4 is 23.6 Å². The van der Waals surface area contributed by atoms with Crippen LogP contribution in [-0.2, 0) is 4.79 Å². The van der Waals surface area contributed by atoms with Gasteiger partial charge in [0.2, 0.25) is 5.91 Å². The molecule has 4 heteroatoms. The fourth-order valence-electron chi connectivity index (χ4n) is 1.65. The van der Waals surface area contributed by atoms with Crippen LogP contribution in [0.25, 0.3) is 6.08 Å². The Morgan fingerprint density at radius 2 is 2.26 bits per heavy atom. The van der Waals surface area contributed by atoms with Crippen molar-refractivity contribution in [3.8, 4) is 0 Å². The SMILES string of the molecule is Cc1ccc(C=CC(=O)NC(C)CCCO)cc1Cl. The zero-order valence-electron chi connectivity index (χ0n) is 11.3. The molecule has 104 valence electrons. The molecule has 0 saturated heterocycles. The molecule has 0 aliphatic heterocycles. The zero-order chi connectivity index (χ0) is 14.3. The van der Waals surface area contributed by atoms with Crippen LogP contribution in [0.4, 0.5) is 0 Å². The molecule has 0 bridgehead atoms. The predicted molar refractivity (Wildman–Crippen MR) is 79.1 cm³/mol. The molecule has 0 heterocycles. The molecule has 1 amide bonds. The number of amides is 1. The first-order valence-electron chi connectivity index (χ1n) is 6.38. The van der Waals surface area contributed by atoms with Gasteiger partial charge in [-0.25, -0.2) is 0 Å². The maximum atomic E-state index is 11.6. The van der Waals surface area contributed by atoms with E-state index in [1.165, 1.54) is 6.08 Å². The van der Waals surface area contributed by atoms with Gasteiger partial charge in [0.1, 0.15) is 0 Å². The molecule has 2 N–H and O–H groups in total. The quantitative estimate of drug-likeness (QED) is 0.788. The lowest BCUT2D eigenvalue weighted by molar-refractivity contribution is -0.117. The van der Waals surface area contributed by atoms with Crippen LogP contribution in [0, 0.1) is 6.92 Å². The molecule has 1 aromatic carbocycles. The van der Waals surface area contributed by atoms with E-state index < -0.39 is 0 Å². The van der Waals surface area contributed by atoms with Crippen LogP contribution in [-0.4, -0.2) is 23.7 Å². The average molecular weight is 282 g/mol. The van der Waals surface area contributed by atoms with Gasteiger partial charge in [0.05, 0.1) is 0 Å². The van der Waals surface area contributed by atoms with Crippen molar-refractivity contribution in [1.29, 1.82) is 0 Å². The minimum absolute atomic E-state index is 0.0610. The van der Waals surface area contributed by atoms with Crippen LogP contribution >= 0.6 is 11.6 Å². The summed E-state index contributed by atoms with van der Waals surface area (Å²) in [4.78, 5) is 11.6. The summed E-state index contributed by atoms with van der Waals surface area (Å²) in [5.41, 5.74) is 1.91. The first-order chi connectivity index (χ1) is 9.02. The molecular weight excluding hydrogens is 262 g/mol. The molecule has 1 rings (SSSR count). The first kappa shape index (κ1) is 15.7. The highest BCUT2D eigenvalue weighted by Crippen LogP contribution is 2.17. The molecule has 0 saturated carbocycles. The van der Waals surface area contributed by atoms with E-state index in [1.54, 1.807) is 6.08 Å². The van der Waals surface area contributed by atoms with Gasteiger partial charge in [0.25, 0.3) is 0 Å². The monoisotopic (exact) mass is 281 g/mol. The molecule has 1 aromatic rings. The van der Waals surface area contributed by atoms with Crippen molar-refractivity contribution in [2.24, 2.45) is 0 Å². The van der Waals surface area contributed by atoms with Crippen LogP contribution in [0.1, 0.15) is 30.9 Å². The maximum Gasteiger partial charge on any atom is 0.244 e. The largest absolute Gasteiger partial charge is 0.396 e. The van der Waals surface area contributed by atoms with E-state index in [0.717, 1.165) is 17.5 Å². The molecule has 0 fully saturated rings. The van der Waals surface area contributed by atoms with Gasteiger partial charge in [0.15, 0.2) is 0 Å². The number of aliphatic hydroxyl groups is 1. The molecule has 0 spiro atoms. The highest BCUT2D eigenvalue weighted by atomic mass is 35.5. The third kappa shape index (κ3) is 5.90. The van der Waals surface area contributed by atoms with Crippen LogP contribution in [0.3, 0.4) is 0 Å². The van der Waals surface area contributed by atoms with E-state index in [-0.39, 0.29) is 18.6 Å². The first-order valence-corrected chi connectivity index (χ1v) is 6.76. The van der Waals surface area contributed by atoms with Crippen LogP contribution < -0.4 is 5.32 Å². The minimum Gasteiger partial charge on any atom is -0.396 e. The van der Waals surface area contributed by atoms with E-state index in [2.05, 4.69) is 5.32 Å². The lowest BCUT2D eigenvalue weighted by atomic mass is 10.1. The summed E-state index contributed by atoms with van der Waals surface area (Å²) in [5.74, 6) is -0.137. The average Bonchev–Trinajstić information content (AvgIpc) is 2.38. The summed E-state index contributed by atoms with van der Waals surface area (Å²) in [6, 6.07) is 5.73. The fraction of sp³-hybridized carbons (Fsp3) is 0.400. The number of aliphatic hydroxyl groups excluding tert-OH is 1. The molecule has 0 radical (unpaired) electrons. The lowest BCUT2D eigenvalue weighted by Crippen LogP contribution is -2.31. The number of rotatable bonds is 6. The van der Waals surface area contributed by atoms with Gasteiger partial charge in [-0.15, -0.1) is 0 Å². The third-order valence-corrected chi connectivity index (χ3v) is 3.21. The van der Waals surface area contributed by atoms with Gasteiger partial charge in [-0.05, 0) is 50.0 Å². The summed E-state index contributed by atoms with van der Waals surface area (Å²) in [5, 5.41) is 12.2.